The number of hydrogen-bond donors (Lipinski definition) is 0. The van der Waals surface area contributed by atoms with E-state index in [1.54, 1.807) is 23.5 Å². The summed E-state index contributed by atoms with van der Waals surface area (Å²) in [7, 11) is 1.38. The molecule has 3 aromatic rings. The normalized spacial score (nSPS) is 15.9. The van der Waals surface area contributed by atoms with E-state index >= 15 is 0 Å². The number of nitrogens with zero attached hydrogens (tertiary/aromatic N) is 1. The predicted octanol–water partition coefficient (Wildman–Crippen LogP) is 5.53. The first-order chi connectivity index (χ1) is 14.1. The Kier molecular flexibility index (Phi) is 4.50. The molecule has 2 aromatic heterocycles. The molecule has 0 radical (unpaired) electrons. The van der Waals surface area contributed by atoms with Crippen molar-refractivity contribution >= 4 is 33.3 Å². The Balaban J connectivity index is 1.78. The minimum absolute atomic E-state index is 0.135. The number of ether oxygens (including phenoxy) is 1. The number of thiophene rings is 1. The molecular weight excluding hydrogens is 382 g/mol. The fourth-order valence-corrected chi connectivity index (χ4v) is 5.75. The van der Waals surface area contributed by atoms with Crippen molar-refractivity contribution in [1.29, 1.82) is 0 Å². The van der Waals surface area contributed by atoms with Gasteiger partial charge in [0, 0.05) is 27.3 Å². The number of esters is 1. The maximum absolute atomic E-state index is 13.3. The first kappa shape index (κ1) is 18.5. The summed E-state index contributed by atoms with van der Waals surface area (Å²) in [5.74, 6) is 0.00464. The zero-order valence-corrected chi connectivity index (χ0v) is 17.5. The monoisotopic (exact) mass is 405 g/mol. The topological polar surface area (TPSA) is 56.3 Å². The van der Waals surface area contributed by atoms with Gasteiger partial charge < -0.3 is 4.74 Å². The van der Waals surface area contributed by atoms with E-state index in [1.807, 2.05) is 19.1 Å². The molecule has 0 spiro atoms. The summed E-state index contributed by atoms with van der Waals surface area (Å²) >= 11 is 1.78. The summed E-state index contributed by atoms with van der Waals surface area (Å²) in [5, 5.41) is 1.16. The standard InChI is InChI=1S/C24H23NO3S/c1-13-19(22(26)15-9-10-15)20(14-7-11-16(12-8-14)24(27)28-2)21-17-5-3-4-6-18(17)29-23(21)25-13/h7-8,11-12,15H,3-6,9-10H2,1-2H3. The Labute approximate surface area is 173 Å². The molecule has 5 heteroatoms. The van der Waals surface area contributed by atoms with E-state index in [9.17, 15) is 9.59 Å². The summed E-state index contributed by atoms with van der Waals surface area (Å²) in [4.78, 5) is 32.5. The number of aryl methyl sites for hydroxylation is 3. The molecule has 0 saturated heterocycles. The number of Topliss-reactive ketones (excluding diaryl/α,β-unsaturated/α-hetero) is 1. The minimum Gasteiger partial charge on any atom is -0.465 e. The Bertz CT molecular complexity index is 1140. The van der Waals surface area contributed by atoms with Gasteiger partial charge in [-0.05, 0) is 68.7 Å². The van der Waals surface area contributed by atoms with Crippen LogP contribution in [0.1, 0.15) is 62.5 Å². The van der Waals surface area contributed by atoms with Crippen LogP contribution < -0.4 is 0 Å². The summed E-state index contributed by atoms with van der Waals surface area (Å²) in [6.45, 7) is 1.96. The van der Waals surface area contributed by atoms with Crippen molar-refractivity contribution < 1.29 is 14.3 Å². The number of pyridine rings is 1. The maximum atomic E-state index is 13.3. The van der Waals surface area contributed by atoms with Crippen molar-refractivity contribution in [3.63, 3.8) is 0 Å². The van der Waals surface area contributed by atoms with Crippen molar-refractivity contribution in [2.75, 3.05) is 7.11 Å². The highest BCUT2D eigenvalue weighted by atomic mass is 32.1. The third-order valence-electron chi connectivity index (χ3n) is 6.07. The van der Waals surface area contributed by atoms with Gasteiger partial charge in [0.15, 0.2) is 5.78 Å². The highest BCUT2D eigenvalue weighted by Gasteiger charge is 2.35. The van der Waals surface area contributed by atoms with E-state index in [1.165, 1.54) is 30.4 Å². The summed E-state index contributed by atoms with van der Waals surface area (Å²) in [6, 6.07) is 7.45. The first-order valence-electron chi connectivity index (χ1n) is 10.3. The van der Waals surface area contributed by atoms with Gasteiger partial charge in [0.25, 0.3) is 0 Å². The van der Waals surface area contributed by atoms with Crippen LogP contribution in [0.3, 0.4) is 0 Å². The predicted molar refractivity (Wildman–Crippen MR) is 115 cm³/mol. The van der Waals surface area contributed by atoms with Gasteiger partial charge in [0.2, 0.25) is 0 Å². The van der Waals surface area contributed by atoms with Crippen LogP contribution in [0.5, 0.6) is 0 Å². The van der Waals surface area contributed by atoms with Crippen molar-refractivity contribution in [2.24, 2.45) is 5.92 Å². The van der Waals surface area contributed by atoms with Crippen LogP contribution in [0.15, 0.2) is 24.3 Å². The molecular formula is C24H23NO3S. The maximum Gasteiger partial charge on any atom is 0.337 e. The van der Waals surface area contributed by atoms with Gasteiger partial charge in [-0.15, -0.1) is 11.3 Å². The molecule has 0 amide bonds. The number of methoxy groups -OCH3 is 1. The number of carbonyl (C=O) groups excluding carboxylic acids is 2. The second-order valence-electron chi connectivity index (χ2n) is 8.05. The van der Waals surface area contributed by atoms with E-state index in [-0.39, 0.29) is 17.7 Å². The highest BCUT2D eigenvalue weighted by molar-refractivity contribution is 7.19. The van der Waals surface area contributed by atoms with Crippen molar-refractivity contribution in [2.45, 2.75) is 45.4 Å². The number of ketones is 1. The van der Waals surface area contributed by atoms with Crippen molar-refractivity contribution in [3.8, 4) is 11.1 Å². The lowest BCUT2D eigenvalue weighted by Crippen LogP contribution is -2.09. The van der Waals surface area contributed by atoms with Gasteiger partial charge >= 0.3 is 5.97 Å². The van der Waals surface area contributed by atoms with Crippen LogP contribution in [0.25, 0.3) is 21.3 Å². The lowest BCUT2D eigenvalue weighted by molar-refractivity contribution is 0.0600. The van der Waals surface area contributed by atoms with Crippen molar-refractivity contribution in [3.05, 3.63) is 51.5 Å². The zero-order valence-electron chi connectivity index (χ0n) is 16.7. The molecule has 1 fully saturated rings. The fourth-order valence-electron chi connectivity index (χ4n) is 4.43. The Morgan fingerprint density at radius 1 is 1.10 bits per heavy atom. The molecule has 4 nitrogen and oxygen atoms in total. The molecule has 0 atom stereocenters. The van der Waals surface area contributed by atoms with Crippen LogP contribution in [-0.2, 0) is 17.6 Å². The quantitative estimate of drug-likeness (QED) is 0.423. The van der Waals surface area contributed by atoms with Gasteiger partial charge in [-0.2, -0.15) is 0 Å². The van der Waals surface area contributed by atoms with E-state index in [0.717, 1.165) is 58.3 Å². The number of carbonyl (C=O) groups is 2. The molecule has 29 heavy (non-hydrogen) atoms. The van der Waals surface area contributed by atoms with Crippen LogP contribution >= 0.6 is 11.3 Å². The molecule has 2 aliphatic rings. The van der Waals surface area contributed by atoms with Gasteiger partial charge in [0.1, 0.15) is 4.83 Å². The molecule has 5 rings (SSSR count). The second kappa shape index (κ2) is 7.06. The average molecular weight is 406 g/mol. The van der Waals surface area contributed by atoms with Crippen molar-refractivity contribution in [1.82, 2.24) is 4.98 Å². The number of fused-ring (bicyclic) bond motifs is 3. The Morgan fingerprint density at radius 3 is 2.52 bits per heavy atom. The van der Waals surface area contributed by atoms with Gasteiger partial charge in [-0.3, -0.25) is 4.79 Å². The molecule has 1 aromatic carbocycles. The number of rotatable bonds is 4. The number of hydrogen-bond acceptors (Lipinski definition) is 5. The molecule has 0 bridgehead atoms. The first-order valence-corrected chi connectivity index (χ1v) is 11.1. The van der Waals surface area contributed by atoms with E-state index in [4.69, 9.17) is 9.72 Å². The van der Waals surface area contributed by atoms with E-state index in [0.29, 0.717) is 5.56 Å². The molecule has 0 unspecified atom stereocenters. The fraction of sp³-hybridized carbons (Fsp3) is 0.375. The largest absolute Gasteiger partial charge is 0.465 e. The third-order valence-corrected chi connectivity index (χ3v) is 7.26. The minimum atomic E-state index is -0.352. The Hall–Kier alpha value is -2.53. The van der Waals surface area contributed by atoms with Crippen LogP contribution in [0.2, 0.25) is 0 Å². The SMILES string of the molecule is COC(=O)c1ccc(-c2c(C(=O)C3CC3)c(C)nc3sc4c(c23)CCCC4)cc1. The molecule has 2 aliphatic carbocycles. The summed E-state index contributed by atoms with van der Waals surface area (Å²) in [5.41, 5.74) is 5.47. The summed E-state index contributed by atoms with van der Waals surface area (Å²) in [6.07, 6.45) is 6.49. The molecule has 148 valence electrons. The van der Waals surface area contributed by atoms with Crippen LogP contribution in [0, 0.1) is 12.8 Å². The number of aromatic nitrogens is 1. The van der Waals surface area contributed by atoms with Crippen LogP contribution in [0.4, 0.5) is 0 Å². The molecule has 0 N–H and O–H groups in total. The Morgan fingerprint density at radius 2 is 1.83 bits per heavy atom. The van der Waals surface area contributed by atoms with Gasteiger partial charge in [-0.25, -0.2) is 9.78 Å². The lowest BCUT2D eigenvalue weighted by atomic mass is 9.87. The average Bonchev–Trinajstić information content (AvgIpc) is 3.53. The highest BCUT2D eigenvalue weighted by Crippen LogP contribution is 2.45. The zero-order chi connectivity index (χ0) is 20.1. The molecule has 0 aliphatic heterocycles. The third kappa shape index (κ3) is 3.08. The number of benzene rings is 1. The second-order valence-corrected chi connectivity index (χ2v) is 9.13. The van der Waals surface area contributed by atoms with E-state index in [2.05, 4.69) is 0 Å². The van der Waals surface area contributed by atoms with Gasteiger partial charge in [-0.1, -0.05) is 12.1 Å². The molecule has 2 heterocycles. The van der Waals surface area contributed by atoms with E-state index < -0.39 is 0 Å². The molecule has 1 saturated carbocycles. The smallest absolute Gasteiger partial charge is 0.337 e. The van der Waals surface area contributed by atoms with Gasteiger partial charge in [0.05, 0.1) is 18.4 Å². The lowest BCUT2D eigenvalue weighted by Gasteiger charge is -2.16. The van der Waals surface area contributed by atoms with Crippen LogP contribution in [-0.4, -0.2) is 23.8 Å². The summed E-state index contributed by atoms with van der Waals surface area (Å²) < 4.78 is 4.83.